The molecule has 3 aromatic rings. The van der Waals surface area contributed by atoms with Crippen LogP contribution in [0.2, 0.25) is 0 Å². The number of hydrogen-bond acceptors (Lipinski definition) is 4. The van der Waals surface area contributed by atoms with Crippen molar-refractivity contribution in [3.63, 3.8) is 0 Å². The predicted octanol–water partition coefficient (Wildman–Crippen LogP) is 2.92. The van der Waals surface area contributed by atoms with E-state index in [0.29, 0.717) is 33.4 Å². The lowest BCUT2D eigenvalue weighted by Gasteiger charge is -2.23. The van der Waals surface area contributed by atoms with Gasteiger partial charge in [-0.25, -0.2) is 18.6 Å². The number of aliphatic hydroxyl groups excluding tert-OH is 1. The van der Waals surface area contributed by atoms with E-state index in [-0.39, 0.29) is 25.1 Å². The van der Waals surface area contributed by atoms with Crippen LogP contribution in [0.3, 0.4) is 0 Å². The number of benzene rings is 1. The predicted molar refractivity (Wildman–Crippen MR) is 117 cm³/mol. The molecule has 170 valence electrons. The summed E-state index contributed by atoms with van der Waals surface area (Å²) in [5.74, 6) is -0.224. The Balaban J connectivity index is 1.87. The Kier molecular flexibility index (Phi) is 5.85. The van der Waals surface area contributed by atoms with Crippen LogP contribution in [0.25, 0.3) is 22.3 Å². The van der Waals surface area contributed by atoms with Crippen molar-refractivity contribution in [3.8, 4) is 11.1 Å². The molecule has 2 aromatic heterocycles. The number of rotatable bonds is 8. The zero-order valence-electron chi connectivity index (χ0n) is 18.1. The maximum atomic E-state index is 13.8. The number of aromatic nitrogens is 3. The number of aliphatic hydroxyl groups is 1. The van der Waals surface area contributed by atoms with Gasteiger partial charge in [-0.2, -0.15) is 0 Å². The van der Waals surface area contributed by atoms with Crippen LogP contribution in [0.15, 0.2) is 35.3 Å². The molecular formula is C23H26F2N4O3. The summed E-state index contributed by atoms with van der Waals surface area (Å²) in [5.41, 5.74) is 1.03. The number of fused-ring (bicyclic) bond motifs is 1. The number of carbonyl (C=O) groups excluding carboxylic acids is 1. The van der Waals surface area contributed by atoms with Gasteiger partial charge in [-0.1, -0.05) is 6.07 Å². The van der Waals surface area contributed by atoms with Crippen LogP contribution in [0.5, 0.6) is 0 Å². The average Bonchev–Trinajstić information content (AvgIpc) is 3.56. The molecule has 1 amide bonds. The largest absolute Gasteiger partial charge is 0.394 e. The monoisotopic (exact) mass is 444 g/mol. The summed E-state index contributed by atoms with van der Waals surface area (Å²) in [6.07, 6.45) is 3.41. The number of carbonyl (C=O) groups is 1. The number of pyridine rings is 1. The Morgan fingerprint density at radius 2 is 2.03 bits per heavy atom. The summed E-state index contributed by atoms with van der Waals surface area (Å²) in [4.78, 5) is 29.9. The Labute approximate surface area is 183 Å². The topological polar surface area (TPSA) is 89.2 Å². The summed E-state index contributed by atoms with van der Waals surface area (Å²) in [5, 5.41) is 12.7. The Morgan fingerprint density at radius 1 is 1.28 bits per heavy atom. The van der Waals surface area contributed by atoms with Crippen molar-refractivity contribution in [2.45, 2.75) is 51.5 Å². The van der Waals surface area contributed by atoms with Gasteiger partial charge in [-0.15, -0.1) is 0 Å². The molecule has 1 aliphatic rings. The van der Waals surface area contributed by atoms with E-state index >= 15 is 0 Å². The molecular weight excluding hydrogens is 418 g/mol. The van der Waals surface area contributed by atoms with Gasteiger partial charge in [0.25, 0.3) is 5.91 Å². The van der Waals surface area contributed by atoms with Gasteiger partial charge >= 0.3 is 5.69 Å². The highest BCUT2D eigenvalue weighted by atomic mass is 19.1. The van der Waals surface area contributed by atoms with Crippen molar-refractivity contribution >= 4 is 17.1 Å². The molecule has 0 spiro atoms. The first-order valence-electron chi connectivity index (χ1n) is 10.6. The first-order valence-corrected chi connectivity index (χ1v) is 10.6. The highest BCUT2D eigenvalue weighted by molar-refractivity contribution is 5.96. The van der Waals surface area contributed by atoms with Crippen molar-refractivity contribution in [1.29, 1.82) is 0 Å². The van der Waals surface area contributed by atoms with E-state index in [0.717, 1.165) is 12.8 Å². The molecule has 1 fully saturated rings. The zero-order chi connectivity index (χ0) is 23.0. The maximum Gasteiger partial charge on any atom is 0.331 e. The number of nitrogens with zero attached hydrogens (tertiary/aromatic N) is 3. The average molecular weight is 444 g/mol. The van der Waals surface area contributed by atoms with Crippen molar-refractivity contribution < 1.29 is 18.7 Å². The summed E-state index contributed by atoms with van der Waals surface area (Å²) >= 11 is 0. The Morgan fingerprint density at radius 3 is 2.66 bits per heavy atom. The lowest BCUT2D eigenvalue weighted by molar-refractivity contribution is 0.0951. The molecule has 1 aliphatic carbocycles. The third-order valence-corrected chi connectivity index (χ3v) is 5.81. The van der Waals surface area contributed by atoms with Crippen LogP contribution in [0.1, 0.15) is 42.6 Å². The van der Waals surface area contributed by atoms with E-state index in [1.807, 2.05) is 0 Å². The van der Waals surface area contributed by atoms with Gasteiger partial charge in [0.15, 0.2) is 5.65 Å². The Hall–Kier alpha value is -3.07. The summed E-state index contributed by atoms with van der Waals surface area (Å²) in [6, 6.07) is 6.61. The second kappa shape index (κ2) is 8.46. The number of amides is 1. The van der Waals surface area contributed by atoms with E-state index in [1.165, 1.54) is 15.3 Å². The van der Waals surface area contributed by atoms with Crippen molar-refractivity contribution in [1.82, 2.24) is 19.4 Å². The van der Waals surface area contributed by atoms with E-state index in [2.05, 4.69) is 10.3 Å². The van der Waals surface area contributed by atoms with E-state index in [1.54, 1.807) is 38.1 Å². The third kappa shape index (κ3) is 3.92. The van der Waals surface area contributed by atoms with Crippen molar-refractivity contribution in [2.75, 3.05) is 13.3 Å². The number of imidazole rings is 1. The van der Waals surface area contributed by atoms with E-state index in [4.69, 9.17) is 0 Å². The van der Waals surface area contributed by atoms with Crippen LogP contribution in [0.4, 0.5) is 8.78 Å². The van der Waals surface area contributed by atoms with Gasteiger partial charge in [0.2, 0.25) is 0 Å². The van der Waals surface area contributed by atoms with Crippen LogP contribution in [0, 0.1) is 0 Å². The van der Waals surface area contributed by atoms with Gasteiger partial charge < -0.3 is 10.4 Å². The molecule has 0 radical (unpaired) electrons. The smallest absolute Gasteiger partial charge is 0.331 e. The molecule has 7 nitrogen and oxygen atoms in total. The van der Waals surface area contributed by atoms with Crippen molar-refractivity contribution in [3.05, 3.63) is 52.1 Å². The fourth-order valence-electron chi connectivity index (χ4n) is 3.79. The van der Waals surface area contributed by atoms with Crippen LogP contribution >= 0.6 is 0 Å². The summed E-state index contributed by atoms with van der Waals surface area (Å²) in [7, 11) is 0. The Bertz CT molecular complexity index is 1230. The second-order valence-corrected chi connectivity index (χ2v) is 8.75. The first-order chi connectivity index (χ1) is 15.3. The zero-order valence-corrected chi connectivity index (χ0v) is 18.1. The molecule has 4 rings (SSSR count). The normalized spacial score (nSPS) is 14.2. The second-order valence-electron chi connectivity index (χ2n) is 8.75. The number of alkyl halides is 2. The standard InChI is InChI=1S/C23H26F2N4O3/c1-23(2,13-30)29-20-19(28(8-7-24)22(29)32)10-16(12-26-20)18-9-14(3-4-15(18)11-25)21(31)27-17-5-6-17/h3-4,9-10,12,17,30H,5-8,11,13H2,1-2H3,(H,27,31). The fourth-order valence-corrected chi connectivity index (χ4v) is 3.79. The van der Waals surface area contributed by atoms with Gasteiger partial charge in [0.05, 0.1) is 24.2 Å². The minimum Gasteiger partial charge on any atom is -0.394 e. The maximum absolute atomic E-state index is 13.8. The minimum atomic E-state index is -0.948. The lowest BCUT2D eigenvalue weighted by Crippen LogP contribution is -2.40. The highest BCUT2D eigenvalue weighted by Gasteiger charge is 2.28. The van der Waals surface area contributed by atoms with Crippen LogP contribution in [-0.4, -0.2) is 44.5 Å². The summed E-state index contributed by atoms with van der Waals surface area (Å²) < 4.78 is 29.6. The molecule has 1 saturated carbocycles. The number of halogens is 2. The quantitative estimate of drug-likeness (QED) is 0.559. The number of hydrogen-bond donors (Lipinski definition) is 2. The number of nitrogens with one attached hydrogen (secondary N) is 1. The van der Waals surface area contributed by atoms with Gasteiger partial charge in [-0.05, 0) is 56.0 Å². The minimum absolute atomic E-state index is 0.172. The lowest BCUT2D eigenvalue weighted by atomic mass is 9.98. The van der Waals surface area contributed by atoms with Crippen LogP contribution < -0.4 is 11.0 Å². The van der Waals surface area contributed by atoms with Gasteiger partial charge in [-0.3, -0.25) is 13.9 Å². The number of aryl methyl sites for hydroxylation is 1. The van der Waals surface area contributed by atoms with E-state index < -0.39 is 24.6 Å². The third-order valence-electron chi connectivity index (χ3n) is 5.81. The fraction of sp³-hybridized carbons (Fsp3) is 0.435. The molecule has 0 bridgehead atoms. The molecule has 9 heteroatoms. The molecule has 0 atom stereocenters. The first kappa shape index (κ1) is 22.1. The molecule has 1 aromatic carbocycles. The highest BCUT2D eigenvalue weighted by Crippen LogP contribution is 2.30. The summed E-state index contributed by atoms with van der Waals surface area (Å²) in [6.45, 7) is 1.39. The SMILES string of the molecule is CC(C)(CO)n1c(=O)n(CCF)c2cc(-c3cc(C(=O)NC4CC4)ccc3CF)cnc21. The molecule has 2 heterocycles. The van der Waals surface area contributed by atoms with Gasteiger partial charge in [0, 0.05) is 23.4 Å². The van der Waals surface area contributed by atoms with Crippen LogP contribution in [-0.2, 0) is 18.8 Å². The molecule has 32 heavy (non-hydrogen) atoms. The van der Waals surface area contributed by atoms with Crippen molar-refractivity contribution in [2.24, 2.45) is 0 Å². The molecule has 0 saturated heterocycles. The van der Waals surface area contributed by atoms with E-state index in [9.17, 15) is 23.5 Å². The van der Waals surface area contributed by atoms with Gasteiger partial charge in [0.1, 0.15) is 13.3 Å². The molecule has 2 N–H and O–H groups in total. The molecule has 0 unspecified atom stereocenters. The molecule has 0 aliphatic heterocycles.